The Labute approximate surface area is 134 Å². The first-order valence-corrected chi connectivity index (χ1v) is 7.72. The number of hydrogen-bond acceptors (Lipinski definition) is 5. The van der Waals surface area contributed by atoms with Gasteiger partial charge in [0.15, 0.2) is 0 Å². The number of rotatable bonds is 2. The molecule has 122 valence electrons. The number of nitrogens with one attached hydrogen (secondary N) is 1. The van der Waals surface area contributed by atoms with Crippen molar-refractivity contribution in [3.8, 4) is 0 Å². The molecule has 3 heterocycles. The topological polar surface area (TPSA) is 83.9 Å². The van der Waals surface area contributed by atoms with Gasteiger partial charge in [-0.05, 0) is 19.1 Å². The summed E-state index contributed by atoms with van der Waals surface area (Å²) in [6, 6.07) is 3.21. The van der Waals surface area contributed by atoms with Crippen LogP contribution in [0.2, 0.25) is 0 Å². The lowest BCUT2D eigenvalue weighted by Crippen LogP contribution is -2.46. The quantitative estimate of drug-likeness (QED) is 0.889. The summed E-state index contributed by atoms with van der Waals surface area (Å²) < 4.78 is 0. The summed E-state index contributed by atoms with van der Waals surface area (Å²) in [5.74, 6) is -0.330. The highest BCUT2D eigenvalue weighted by Gasteiger charge is 2.41. The van der Waals surface area contributed by atoms with Gasteiger partial charge in [-0.25, -0.2) is 0 Å². The summed E-state index contributed by atoms with van der Waals surface area (Å²) in [6.07, 6.45) is 3.86. The number of amides is 2. The van der Waals surface area contributed by atoms with Gasteiger partial charge in [0.25, 0.3) is 11.8 Å². The summed E-state index contributed by atoms with van der Waals surface area (Å²) in [5.41, 5.74) is 1.59. The minimum Gasteiger partial charge on any atom is -0.389 e. The van der Waals surface area contributed by atoms with E-state index in [9.17, 15) is 9.59 Å². The van der Waals surface area contributed by atoms with Gasteiger partial charge >= 0.3 is 0 Å². The SMILES string of the molecule is CNC(=O)c1ccc(C(=O)N2CCC3(CC2)CC(C)=NO3)cn1. The number of carbonyl (C=O) groups is 2. The van der Waals surface area contributed by atoms with Gasteiger partial charge in [-0.1, -0.05) is 5.16 Å². The maximum absolute atomic E-state index is 12.5. The van der Waals surface area contributed by atoms with Crippen LogP contribution in [-0.4, -0.2) is 53.1 Å². The predicted molar refractivity (Wildman–Crippen MR) is 84.3 cm³/mol. The molecule has 0 saturated carbocycles. The van der Waals surface area contributed by atoms with Crippen LogP contribution in [0.3, 0.4) is 0 Å². The average molecular weight is 316 g/mol. The molecule has 1 saturated heterocycles. The lowest BCUT2D eigenvalue weighted by Gasteiger charge is -2.37. The second-order valence-electron chi connectivity index (χ2n) is 6.08. The van der Waals surface area contributed by atoms with Gasteiger partial charge in [-0.3, -0.25) is 14.6 Å². The maximum atomic E-state index is 12.5. The molecule has 0 radical (unpaired) electrons. The van der Waals surface area contributed by atoms with Crippen LogP contribution >= 0.6 is 0 Å². The van der Waals surface area contributed by atoms with E-state index in [0.29, 0.717) is 24.3 Å². The van der Waals surface area contributed by atoms with E-state index in [1.165, 1.54) is 6.20 Å². The van der Waals surface area contributed by atoms with Crippen LogP contribution < -0.4 is 5.32 Å². The Kier molecular flexibility index (Phi) is 4.02. The molecule has 1 spiro atoms. The van der Waals surface area contributed by atoms with E-state index in [0.717, 1.165) is 25.0 Å². The highest BCUT2D eigenvalue weighted by atomic mass is 16.7. The van der Waals surface area contributed by atoms with Crippen molar-refractivity contribution in [1.29, 1.82) is 0 Å². The van der Waals surface area contributed by atoms with Crippen molar-refractivity contribution >= 4 is 17.5 Å². The van der Waals surface area contributed by atoms with Crippen molar-refractivity contribution in [3.63, 3.8) is 0 Å². The summed E-state index contributed by atoms with van der Waals surface area (Å²) in [4.78, 5) is 35.4. The zero-order valence-corrected chi connectivity index (χ0v) is 13.3. The van der Waals surface area contributed by atoms with Crippen molar-refractivity contribution in [2.75, 3.05) is 20.1 Å². The monoisotopic (exact) mass is 316 g/mol. The Bertz CT molecular complexity index is 646. The molecule has 1 aromatic heterocycles. The normalized spacial score (nSPS) is 19.2. The van der Waals surface area contributed by atoms with Gasteiger partial charge in [0.1, 0.15) is 11.3 Å². The van der Waals surface area contributed by atoms with Crippen molar-refractivity contribution in [1.82, 2.24) is 15.2 Å². The molecular formula is C16H20N4O3. The molecule has 23 heavy (non-hydrogen) atoms. The van der Waals surface area contributed by atoms with Crippen molar-refractivity contribution in [2.45, 2.75) is 31.8 Å². The lowest BCUT2D eigenvalue weighted by molar-refractivity contribution is -0.0568. The minimum atomic E-state index is -0.266. The number of nitrogens with zero attached hydrogens (tertiary/aromatic N) is 3. The van der Waals surface area contributed by atoms with Gasteiger partial charge in [0.05, 0.1) is 11.3 Å². The van der Waals surface area contributed by atoms with Crippen molar-refractivity contribution in [3.05, 3.63) is 29.6 Å². The molecule has 7 heteroatoms. The van der Waals surface area contributed by atoms with E-state index in [-0.39, 0.29) is 17.4 Å². The number of oxime groups is 1. The van der Waals surface area contributed by atoms with Crippen LogP contribution in [0.15, 0.2) is 23.5 Å². The number of hydrogen-bond donors (Lipinski definition) is 1. The zero-order valence-electron chi connectivity index (χ0n) is 13.3. The smallest absolute Gasteiger partial charge is 0.269 e. The fraction of sp³-hybridized carbons (Fsp3) is 0.500. The summed E-state index contributed by atoms with van der Waals surface area (Å²) in [6.45, 7) is 3.24. The molecule has 1 N–H and O–H groups in total. The number of carbonyl (C=O) groups excluding carboxylic acids is 2. The highest BCUT2D eigenvalue weighted by Crippen LogP contribution is 2.34. The minimum absolute atomic E-state index is 0.0635. The molecule has 0 unspecified atom stereocenters. The maximum Gasteiger partial charge on any atom is 0.269 e. The van der Waals surface area contributed by atoms with Crippen LogP contribution in [0.25, 0.3) is 0 Å². The Morgan fingerprint density at radius 1 is 1.30 bits per heavy atom. The molecule has 1 fully saturated rings. The first-order chi connectivity index (χ1) is 11.0. The predicted octanol–water partition coefficient (Wildman–Crippen LogP) is 1.21. The molecule has 2 aliphatic heterocycles. The first-order valence-electron chi connectivity index (χ1n) is 7.72. The number of likely N-dealkylation sites (tertiary alicyclic amines) is 1. The highest BCUT2D eigenvalue weighted by molar-refractivity contribution is 5.96. The zero-order chi connectivity index (χ0) is 16.4. The molecule has 0 aliphatic carbocycles. The Morgan fingerprint density at radius 2 is 2.04 bits per heavy atom. The Hall–Kier alpha value is -2.44. The third-order valence-electron chi connectivity index (χ3n) is 4.41. The van der Waals surface area contributed by atoms with E-state index < -0.39 is 0 Å². The average Bonchev–Trinajstić information content (AvgIpc) is 2.95. The fourth-order valence-electron chi connectivity index (χ4n) is 3.06. The molecule has 7 nitrogen and oxygen atoms in total. The number of aromatic nitrogens is 1. The van der Waals surface area contributed by atoms with Gasteiger partial charge < -0.3 is 15.1 Å². The number of piperidine rings is 1. The van der Waals surface area contributed by atoms with Gasteiger partial charge in [0, 0.05) is 45.6 Å². The van der Waals surface area contributed by atoms with Crippen LogP contribution in [0.1, 0.15) is 47.0 Å². The third-order valence-corrected chi connectivity index (χ3v) is 4.41. The lowest BCUT2D eigenvalue weighted by atomic mass is 9.87. The Balaban J connectivity index is 1.62. The van der Waals surface area contributed by atoms with E-state index in [4.69, 9.17) is 4.84 Å². The summed E-state index contributed by atoms with van der Waals surface area (Å²) in [5, 5.41) is 6.54. The Morgan fingerprint density at radius 3 is 2.57 bits per heavy atom. The molecular weight excluding hydrogens is 296 g/mol. The van der Waals surface area contributed by atoms with E-state index in [2.05, 4.69) is 15.5 Å². The number of pyridine rings is 1. The van der Waals surface area contributed by atoms with E-state index >= 15 is 0 Å². The molecule has 2 amide bonds. The molecule has 2 aliphatic rings. The summed E-state index contributed by atoms with van der Waals surface area (Å²) in [7, 11) is 1.54. The molecule has 1 aromatic rings. The van der Waals surface area contributed by atoms with E-state index in [1.54, 1.807) is 24.1 Å². The van der Waals surface area contributed by atoms with Gasteiger partial charge in [0.2, 0.25) is 0 Å². The standard InChI is InChI=1S/C16H20N4O3/c1-11-9-16(23-19-11)5-7-20(8-6-16)15(22)12-3-4-13(18-10-12)14(21)17-2/h3-4,10H,5-9H2,1-2H3,(H,17,21). The van der Waals surface area contributed by atoms with Crippen LogP contribution in [0.5, 0.6) is 0 Å². The third kappa shape index (κ3) is 3.04. The van der Waals surface area contributed by atoms with Crippen molar-refractivity contribution < 1.29 is 14.4 Å². The van der Waals surface area contributed by atoms with Crippen LogP contribution in [0, 0.1) is 0 Å². The first kappa shape index (κ1) is 15.5. The second-order valence-corrected chi connectivity index (χ2v) is 6.08. The van der Waals surface area contributed by atoms with Gasteiger partial charge in [-0.15, -0.1) is 0 Å². The molecule has 0 atom stereocenters. The van der Waals surface area contributed by atoms with Crippen LogP contribution in [-0.2, 0) is 4.84 Å². The molecule has 3 rings (SSSR count). The fourth-order valence-corrected chi connectivity index (χ4v) is 3.06. The molecule has 0 bridgehead atoms. The van der Waals surface area contributed by atoms with E-state index in [1.807, 2.05) is 6.92 Å². The van der Waals surface area contributed by atoms with Gasteiger partial charge in [-0.2, -0.15) is 0 Å². The second kappa shape index (κ2) is 5.98. The van der Waals surface area contributed by atoms with Crippen molar-refractivity contribution in [2.24, 2.45) is 5.16 Å². The van der Waals surface area contributed by atoms with Crippen LogP contribution in [0.4, 0.5) is 0 Å². The molecule has 0 aromatic carbocycles. The largest absolute Gasteiger partial charge is 0.389 e. The summed E-state index contributed by atoms with van der Waals surface area (Å²) >= 11 is 0.